The van der Waals surface area contributed by atoms with Gasteiger partial charge in [0.25, 0.3) is 0 Å². The van der Waals surface area contributed by atoms with E-state index in [0.717, 1.165) is 38.5 Å². The molecule has 2 rings (SSSR count). The van der Waals surface area contributed by atoms with Crippen molar-refractivity contribution in [3.63, 3.8) is 0 Å². The van der Waals surface area contributed by atoms with Crippen LogP contribution in [0.1, 0.15) is 38.5 Å². The molecule has 0 radical (unpaired) electrons. The first-order chi connectivity index (χ1) is 8.65. The summed E-state index contributed by atoms with van der Waals surface area (Å²) in [6.45, 7) is 0.695. The Labute approximate surface area is 108 Å². The molecule has 3 atom stereocenters. The van der Waals surface area contributed by atoms with Gasteiger partial charge in [0.05, 0.1) is 5.92 Å². The highest BCUT2D eigenvalue weighted by molar-refractivity contribution is 5.89. The predicted octanol–water partition coefficient (Wildman–Crippen LogP) is 0.241. The highest BCUT2D eigenvalue weighted by Crippen LogP contribution is 2.28. The maximum Gasteiger partial charge on any atom is 0.242 e. The third kappa shape index (κ3) is 2.51. The zero-order valence-corrected chi connectivity index (χ0v) is 11.0. The Morgan fingerprint density at radius 2 is 1.94 bits per heavy atom. The van der Waals surface area contributed by atoms with Crippen molar-refractivity contribution in [2.24, 2.45) is 11.7 Å². The van der Waals surface area contributed by atoms with E-state index >= 15 is 0 Å². The summed E-state index contributed by atoms with van der Waals surface area (Å²) < 4.78 is 0. The van der Waals surface area contributed by atoms with E-state index in [-0.39, 0.29) is 29.8 Å². The van der Waals surface area contributed by atoms with Crippen molar-refractivity contribution in [2.75, 3.05) is 13.6 Å². The number of nitrogens with one attached hydrogen (secondary N) is 1. The molecule has 2 fully saturated rings. The van der Waals surface area contributed by atoms with Crippen LogP contribution in [0.4, 0.5) is 0 Å². The minimum Gasteiger partial charge on any atom is -0.357 e. The Kier molecular flexibility index (Phi) is 4.22. The molecule has 0 spiro atoms. The second-order valence-electron chi connectivity index (χ2n) is 5.36. The molecule has 2 aliphatic rings. The predicted molar refractivity (Wildman–Crippen MR) is 68.7 cm³/mol. The van der Waals surface area contributed by atoms with Crippen LogP contribution in [0.2, 0.25) is 0 Å². The molecular formula is C13H23N3O2. The number of amides is 2. The summed E-state index contributed by atoms with van der Waals surface area (Å²) in [6.07, 6.45) is 5.59. The van der Waals surface area contributed by atoms with Crippen molar-refractivity contribution in [1.82, 2.24) is 10.2 Å². The standard InChI is InChI=1S/C13H23N3O2/c1-15-12(17)11-7-2-3-8-16(11)13(18)9-5-4-6-10(9)14/h9-11H,2-8,14H2,1H3,(H,15,17). The van der Waals surface area contributed by atoms with E-state index in [4.69, 9.17) is 5.73 Å². The van der Waals surface area contributed by atoms with Gasteiger partial charge in [-0.25, -0.2) is 0 Å². The number of nitrogens with two attached hydrogens (primary N) is 1. The summed E-state index contributed by atoms with van der Waals surface area (Å²) in [6, 6.07) is -0.311. The van der Waals surface area contributed by atoms with Crippen LogP contribution in [0.3, 0.4) is 0 Å². The highest BCUT2D eigenvalue weighted by Gasteiger charge is 2.38. The van der Waals surface area contributed by atoms with Gasteiger partial charge in [-0.1, -0.05) is 6.42 Å². The van der Waals surface area contributed by atoms with Gasteiger partial charge in [-0.15, -0.1) is 0 Å². The lowest BCUT2D eigenvalue weighted by Gasteiger charge is -2.36. The number of hydrogen-bond acceptors (Lipinski definition) is 3. The first-order valence-electron chi connectivity index (χ1n) is 6.93. The lowest BCUT2D eigenvalue weighted by atomic mass is 9.96. The third-order valence-corrected chi connectivity index (χ3v) is 4.22. The van der Waals surface area contributed by atoms with E-state index in [1.807, 2.05) is 0 Å². The number of rotatable bonds is 2. The molecule has 102 valence electrons. The fourth-order valence-corrected chi connectivity index (χ4v) is 3.14. The maximum atomic E-state index is 12.5. The molecule has 0 aromatic rings. The molecule has 5 nitrogen and oxygen atoms in total. The minimum atomic E-state index is -0.288. The van der Waals surface area contributed by atoms with Crippen molar-refractivity contribution in [3.05, 3.63) is 0 Å². The molecule has 0 aromatic carbocycles. The molecule has 3 N–H and O–H groups in total. The fraction of sp³-hybridized carbons (Fsp3) is 0.846. The SMILES string of the molecule is CNC(=O)C1CCCCN1C(=O)C1CCCC1N. The average molecular weight is 253 g/mol. The summed E-state index contributed by atoms with van der Waals surface area (Å²) >= 11 is 0. The number of piperidine rings is 1. The summed E-state index contributed by atoms with van der Waals surface area (Å²) in [5.74, 6) is -0.0295. The van der Waals surface area contributed by atoms with Crippen LogP contribution in [0, 0.1) is 5.92 Å². The molecule has 18 heavy (non-hydrogen) atoms. The van der Waals surface area contributed by atoms with E-state index in [0.29, 0.717) is 6.54 Å². The number of hydrogen-bond donors (Lipinski definition) is 2. The molecule has 0 bridgehead atoms. The van der Waals surface area contributed by atoms with Crippen molar-refractivity contribution >= 4 is 11.8 Å². The molecule has 3 unspecified atom stereocenters. The first kappa shape index (κ1) is 13.3. The Morgan fingerprint density at radius 1 is 1.17 bits per heavy atom. The van der Waals surface area contributed by atoms with Crippen molar-refractivity contribution in [1.29, 1.82) is 0 Å². The zero-order chi connectivity index (χ0) is 13.1. The number of carbonyl (C=O) groups is 2. The average Bonchev–Trinajstić information content (AvgIpc) is 2.83. The molecule has 1 saturated heterocycles. The quantitative estimate of drug-likeness (QED) is 0.740. The van der Waals surface area contributed by atoms with E-state index in [9.17, 15) is 9.59 Å². The van der Waals surface area contributed by atoms with Gasteiger partial charge in [0, 0.05) is 19.6 Å². The topological polar surface area (TPSA) is 75.4 Å². The van der Waals surface area contributed by atoms with Gasteiger partial charge in [0.15, 0.2) is 0 Å². The van der Waals surface area contributed by atoms with Crippen LogP contribution in [0.5, 0.6) is 0 Å². The summed E-state index contributed by atoms with van der Waals surface area (Å²) in [5.41, 5.74) is 5.99. The lowest BCUT2D eigenvalue weighted by Crippen LogP contribution is -2.54. The minimum absolute atomic E-state index is 0.0234. The van der Waals surface area contributed by atoms with Crippen LogP contribution in [0.25, 0.3) is 0 Å². The van der Waals surface area contributed by atoms with Crippen molar-refractivity contribution < 1.29 is 9.59 Å². The van der Waals surface area contributed by atoms with Crippen molar-refractivity contribution in [3.8, 4) is 0 Å². The molecule has 1 aliphatic carbocycles. The summed E-state index contributed by atoms with van der Waals surface area (Å²) in [4.78, 5) is 26.1. The van der Waals surface area contributed by atoms with Gasteiger partial charge in [-0.3, -0.25) is 9.59 Å². The van der Waals surface area contributed by atoms with Crippen LogP contribution in [-0.2, 0) is 9.59 Å². The lowest BCUT2D eigenvalue weighted by molar-refractivity contribution is -0.145. The second-order valence-corrected chi connectivity index (χ2v) is 5.36. The van der Waals surface area contributed by atoms with Gasteiger partial charge in [0.2, 0.25) is 11.8 Å². The highest BCUT2D eigenvalue weighted by atomic mass is 16.2. The Morgan fingerprint density at radius 3 is 2.56 bits per heavy atom. The maximum absolute atomic E-state index is 12.5. The monoisotopic (exact) mass is 253 g/mol. The van der Waals surface area contributed by atoms with Crippen LogP contribution < -0.4 is 11.1 Å². The van der Waals surface area contributed by atoms with Crippen LogP contribution >= 0.6 is 0 Å². The normalized spacial score (nSPS) is 32.3. The number of carbonyl (C=O) groups excluding carboxylic acids is 2. The van der Waals surface area contributed by atoms with E-state index in [1.165, 1.54) is 0 Å². The summed E-state index contributed by atoms with van der Waals surface area (Å²) in [5, 5.41) is 2.66. The zero-order valence-electron chi connectivity index (χ0n) is 11.0. The van der Waals surface area contributed by atoms with E-state index in [1.54, 1.807) is 11.9 Å². The number of nitrogens with zero attached hydrogens (tertiary/aromatic N) is 1. The van der Waals surface area contributed by atoms with Gasteiger partial charge < -0.3 is 16.0 Å². The number of likely N-dealkylation sites (N-methyl/N-ethyl adjacent to an activating group) is 1. The van der Waals surface area contributed by atoms with Gasteiger partial charge in [-0.2, -0.15) is 0 Å². The molecule has 2 amide bonds. The Hall–Kier alpha value is -1.10. The van der Waals surface area contributed by atoms with Gasteiger partial charge in [0.1, 0.15) is 6.04 Å². The molecular weight excluding hydrogens is 230 g/mol. The second kappa shape index (κ2) is 5.69. The van der Waals surface area contributed by atoms with E-state index in [2.05, 4.69) is 5.32 Å². The van der Waals surface area contributed by atoms with Gasteiger partial charge in [-0.05, 0) is 32.1 Å². The van der Waals surface area contributed by atoms with Gasteiger partial charge >= 0.3 is 0 Å². The summed E-state index contributed by atoms with van der Waals surface area (Å²) in [7, 11) is 1.63. The largest absolute Gasteiger partial charge is 0.357 e. The molecule has 1 heterocycles. The molecule has 1 saturated carbocycles. The molecule has 1 aliphatic heterocycles. The number of likely N-dealkylation sites (tertiary alicyclic amines) is 1. The molecule has 0 aromatic heterocycles. The third-order valence-electron chi connectivity index (χ3n) is 4.22. The van der Waals surface area contributed by atoms with E-state index < -0.39 is 0 Å². The van der Waals surface area contributed by atoms with Crippen molar-refractivity contribution in [2.45, 2.75) is 50.6 Å². The Bertz CT molecular complexity index is 332. The smallest absolute Gasteiger partial charge is 0.242 e. The molecule has 5 heteroatoms. The first-order valence-corrected chi connectivity index (χ1v) is 6.93. The fourth-order valence-electron chi connectivity index (χ4n) is 3.14. The van der Waals surface area contributed by atoms with Crippen LogP contribution in [-0.4, -0.2) is 42.4 Å². The van der Waals surface area contributed by atoms with Crippen LogP contribution in [0.15, 0.2) is 0 Å². The Balaban J connectivity index is 2.08.